The summed E-state index contributed by atoms with van der Waals surface area (Å²) in [5, 5.41) is 14.2. The average molecular weight is 210 g/mol. The fourth-order valence-electron chi connectivity index (χ4n) is 0.586. The molecule has 0 rings (SSSR count). The fraction of sp³-hybridized carbons (Fsp3) is 0.833. The van der Waals surface area contributed by atoms with Crippen LogP contribution in [0.25, 0.3) is 0 Å². The topological polar surface area (TPSA) is 82.0 Å². The lowest BCUT2D eigenvalue weighted by molar-refractivity contribution is 0.173. The summed E-state index contributed by atoms with van der Waals surface area (Å²) in [4.78, 5) is 21.1. The van der Waals surface area contributed by atoms with Crippen molar-refractivity contribution in [2.45, 2.75) is 13.0 Å². The first-order valence-electron chi connectivity index (χ1n) is 3.74. The van der Waals surface area contributed by atoms with Crippen molar-refractivity contribution in [2.24, 2.45) is 5.29 Å². The molecule has 2 N–H and O–H groups in total. The molecule has 0 fully saturated rings. The normalized spacial score (nSPS) is 11.9. The number of halogens is 1. The molecule has 0 aliphatic rings. The van der Waals surface area contributed by atoms with Crippen LogP contribution in [-0.2, 0) is 0 Å². The minimum atomic E-state index is -0.659. The number of alkyl halides is 1. The highest BCUT2D eigenvalue weighted by Crippen LogP contribution is 1.91. The third-order valence-electron chi connectivity index (χ3n) is 1.18. The minimum Gasteiger partial charge on any atom is -0.392 e. The molecule has 1 atom stereocenters. The molecule has 7 heteroatoms. The third kappa shape index (κ3) is 5.37. The van der Waals surface area contributed by atoms with E-state index in [1.165, 1.54) is 6.92 Å². The lowest BCUT2D eigenvalue weighted by Crippen LogP contribution is -2.40. The Kier molecular flexibility index (Phi) is 6.17. The molecule has 0 heterocycles. The summed E-state index contributed by atoms with van der Waals surface area (Å²) in [6.45, 7) is 1.64. The Hall–Kier alpha value is -0.880. The lowest BCUT2D eigenvalue weighted by Gasteiger charge is -2.13. The van der Waals surface area contributed by atoms with E-state index in [1.54, 1.807) is 0 Å². The van der Waals surface area contributed by atoms with Gasteiger partial charge in [-0.15, -0.1) is 16.5 Å². The van der Waals surface area contributed by atoms with Crippen LogP contribution in [0.15, 0.2) is 5.29 Å². The largest absolute Gasteiger partial charge is 0.392 e. The highest BCUT2D eigenvalue weighted by atomic mass is 35.5. The summed E-state index contributed by atoms with van der Waals surface area (Å²) < 4.78 is 0. The predicted molar refractivity (Wildman–Crippen MR) is 48.3 cm³/mol. The van der Waals surface area contributed by atoms with Crippen LogP contribution in [0.4, 0.5) is 4.79 Å². The van der Waals surface area contributed by atoms with Crippen molar-refractivity contribution < 1.29 is 9.90 Å². The van der Waals surface area contributed by atoms with E-state index in [9.17, 15) is 9.70 Å². The molecule has 76 valence electrons. The van der Waals surface area contributed by atoms with Gasteiger partial charge < -0.3 is 10.4 Å². The molecule has 0 saturated heterocycles. The number of carbonyl (C=O) groups excluding carboxylic acids is 1. The van der Waals surface area contributed by atoms with Crippen LogP contribution in [0.3, 0.4) is 0 Å². The molecule has 13 heavy (non-hydrogen) atoms. The first kappa shape index (κ1) is 12.1. The monoisotopic (exact) mass is 209 g/mol. The Morgan fingerprint density at radius 1 is 1.77 bits per heavy atom. The number of nitrogens with one attached hydrogen (secondary N) is 1. The van der Waals surface area contributed by atoms with E-state index in [2.05, 4.69) is 10.6 Å². The van der Waals surface area contributed by atoms with Gasteiger partial charge in [-0.3, -0.25) is 0 Å². The molecule has 0 aliphatic heterocycles. The molecule has 0 aromatic carbocycles. The maximum absolute atomic E-state index is 11.0. The summed E-state index contributed by atoms with van der Waals surface area (Å²) in [7, 11) is 0. The average Bonchev–Trinajstić information content (AvgIpc) is 2.10. The van der Waals surface area contributed by atoms with Gasteiger partial charge in [0.2, 0.25) is 0 Å². The van der Waals surface area contributed by atoms with E-state index in [-0.39, 0.29) is 19.0 Å². The molecule has 1 unspecified atom stereocenters. The van der Waals surface area contributed by atoms with Gasteiger partial charge in [0.1, 0.15) is 0 Å². The molecule has 0 aliphatic carbocycles. The molecule has 0 bridgehead atoms. The molecule has 2 amide bonds. The summed E-state index contributed by atoms with van der Waals surface area (Å²) in [6, 6.07) is -0.656. The molecule has 6 nitrogen and oxygen atoms in total. The van der Waals surface area contributed by atoms with E-state index >= 15 is 0 Å². The smallest absolute Gasteiger partial charge is 0.340 e. The summed E-state index contributed by atoms with van der Waals surface area (Å²) in [5.41, 5.74) is 0. The van der Waals surface area contributed by atoms with Crippen molar-refractivity contribution in [3.8, 4) is 0 Å². The van der Waals surface area contributed by atoms with Gasteiger partial charge in [0.05, 0.1) is 17.9 Å². The van der Waals surface area contributed by atoms with Crippen molar-refractivity contribution in [3.63, 3.8) is 0 Å². The number of rotatable bonds is 5. The zero-order valence-electron chi connectivity index (χ0n) is 7.23. The molecule has 0 saturated carbocycles. The van der Waals surface area contributed by atoms with Crippen molar-refractivity contribution in [1.82, 2.24) is 10.3 Å². The Bertz CT molecular complexity index is 177. The second-order valence-electron chi connectivity index (χ2n) is 2.43. The number of nitrogens with zero attached hydrogens (tertiary/aromatic N) is 2. The number of hydrogen-bond acceptors (Lipinski definition) is 4. The first-order valence-corrected chi connectivity index (χ1v) is 4.28. The maximum Gasteiger partial charge on any atom is 0.340 e. The van der Waals surface area contributed by atoms with E-state index in [4.69, 9.17) is 16.7 Å². The van der Waals surface area contributed by atoms with Crippen molar-refractivity contribution >= 4 is 17.6 Å². The van der Waals surface area contributed by atoms with Crippen molar-refractivity contribution in [3.05, 3.63) is 4.91 Å². The molecular formula is C6H12ClN3O3. The predicted octanol–water partition coefficient (Wildman–Crippen LogP) is 0.299. The Morgan fingerprint density at radius 3 is 2.77 bits per heavy atom. The summed E-state index contributed by atoms with van der Waals surface area (Å²) >= 11 is 5.31. The molecule has 0 aromatic rings. The maximum atomic E-state index is 11.0. The van der Waals surface area contributed by atoms with E-state index in [0.717, 1.165) is 0 Å². The van der Waals surface area contributed by atoms with E-state index in [0.29, 0.717) is 5.01 Å². The first-order chi connectivity index (χ1) is 6.11. The Balaban J connectivity index is 3.84. The van der Waals surface area contributed by atoms with Crippen LogP contribution in [0.2, 0.25) is 0 Å². The lowest BCUT2D eigenvalue weighted by atomic mass is 10.4. The Labute approximate surface area is 80.8 Å². The summed E-state index contributed by atoms with van der Waals surface area (Å²) in [5.74, 6) is 0.133. The van der Waals surface area contributed by atoms with Gasteiger partial charge >= 0.3 is 6.03 Å². The second-order valence-corrected chi connectivity index (χ2v) is 2.81. The van der Waals surface area contributed by atoms with Crippen molar-refractivity contribution in [2.75, 3.05) is 19.0 Å². The highest BCUT2D eigenvalue weighted by Gasteiger charge is 2.12. The molecular weight excluding hydrogens is 198 g/mol. The van der Waals surface area contributed by atoms with Crippen LogP contribution >= 0.6 is 11.6 Å². The number of carbonyl (C=O) groups is 1. The minimum absolute atomic E-state index is 0.0523. The van der Waals surface area contributed by atoms with Gasteiger partial charge in [0.25, 0.3) is 0 Å². The van der Waals surface area contributed by atoms with Crippen LogP contribution in [0, 0.1) is 4.91 Å². The van der Waals surface area contributed by atoms with E-state index in [1.807, 2.05) is 0 Å². The summed E-state index contributed by atoms with van der Waals surface area (Å²) in [6.07, 6.45) is -0.659. The van der Waals surface area contributed by atoms with Crippen molar-refractivity contribution in [1.29, 1.82) is 0 Å². The molecule has 0 spiro atoms. The zero-order chi connectivity index (χ0) is 10.3. The number of hydrogen-bond donors (Lipinski definition) is 2. The number of nitroso groups, excluding NO2 is 1. The third-order valence-corrected chi connectivity index (χ3v) is 1.35. The quantitative estimate of drug-likeness (QED) is 0.388. The van der Waals surface area contributed by atoms with Gasteiger partial charge in [-0.05, 0) is 6.92 Å². The SMILES string of the molecule is CC(O)CNC(=O)N(CCCl)N=O. The van der Waals surface area contributed by atoms with Gasteiger partial charge in [-0.25, -0.2) is 4.79 Å². The van der Waals surface area contributed by atoms with Crippen LogP contribution in [0.5, 0.6) is 0 Å². The van der Waals surface area contributed by atoms with Gasteiger partial charge in [0, 0.05) is 12.4 Å². The highest BCUT2D eigenvalue weighted by molar-refractivity contribution is 6.18. The number of amides is 2. The fourth-order valence-corrected chi connectivity index (χ4v) is 0.746. The number of aliphatic hydroxyl groups excluding tert-OH is 1. The van der Waals surface area contributed by atoms with Crippen LogP contribution < -0.4 is 5.32 Å². The molecule has 0 radical (unpaired) electrons. The second kappa shape index (κ2) is 6.62. The molecule has 0 aromatic heterocycles. The van der Waals surface area contributed by atoms with Gasteiger partial charge in [0.15, 0.2) is 0 Å². The number of aliphatic hydroxyl groups is 1. The Morgan fingerprint density at radius 2 is 2.38 bits per heavy atom. The van der Waals surface area contributed by atoms with Crippen LogP contribution in [-0.4, -0.2) is 41.2 Å². The van der Waals surface area contributed by atoms with E-state index < -0.39 is 12.1 Å². The van der Waals surface area contributed by atoms with Crippen LogP contribution in [0.1, 0.15) is 6.92 Å². The van der Waals surface area contributed by atoms with Gasteiger partial charge in [-0.1, -0.05) is 0 Å². The number of urea groups is 1. The standard InChI is InChI=1S/C6H12ClN3O3/c1-5(11)4-8-6(12)10(9-13)3-2-7/h5,11H,2-4H2,1H3,(H,8,12). The van der Waals surface area contributed by atoms with Gasteiger partial charge in [-0.2, -0.15) is 5.01 Å². The zero-order valence-corrected chi connectivity index (χ0v) is 7.99.